The Balaban J connectivity index is 2.24. The van der Waals surface area contributed by atoms with Gasteiger partial charge in [-0.05, 0) is 36.3 Å². The van der Waals surface area contributed by atoms with E-state index in [1.165, 1.54) is 6.08 Å². The first-order chi connectivity index (χ1) is 10.7. The zero-order chi connectivity index (χ0) is 15.8. The van der Waals surface area contributed by atoms with Crippen LogP contribution in [0.3, 0.4) is 0 Å². The Morgan fingerprint density at radius 1 is 1.14 bits per heavy atom. The van der Waals surface area contributed by atoms with Crippen LogP contribution in [0.15, 0.2) is 53.0 Å². The van der Waals surface area contributed by atoms with Crippen molar-refractivity contribution in [2.75, 3.05) is 6.61 Å². The van der Waals surface area contributed by atoms with E-state index >= 15 is 0 Å². The molecule has 2 rings (SSSR count). The number of hydrogen-bond donors (Lipinski definition) is 0. The van der Waals surface area contributed by atoms with Gasteiger partial charge in [0.1, 0.15) is 6.61 Å². The Morgan fingerprint density at radius 3 is 2.55 bits per heavy atom. The van der Waals surface area contributed by atoms with Crippen molar-refractivity contribution in [3.8, 4) is 17.6 Å². The lowest BCUT2D eigenvalue weighted by molar-refractivity contribution is 0.269. The number of nitrogens with zero attached hydrogens (tertiary/aromatic N) is 1. The predicted molar refractivity (Wildman–Crippen MR) is 90.7 cm³/mol. The summed E-state index contributed by atoms with van der Waals surface area (Å²) < 4.78 is 12.4. The summed E-state index contributed by atoms with van der Waals surface area (Å²) >= 11 is 3.49. The standard InChI is InChI=1S/C18H16BrNO2/c1-2-21-17-11-15(9-6-10-20)16(19)12-18(17)22-13-14-7-4-3-5-8-14/h3-9,11-12H,2,13H2,1H3. The third-order valence-electron chi connectivity index (χ3n) is 2.94. The summed E-state index contributed by atoms with van der Waals surface area (Å²) in [6.07, 6.45) is 3.16. The molecule has 2 aromatic carbocycles. The summed E-state index contributed by atoms with van der Waals surface area (Å²) in [6.45, 7) is 2.94. The fraction of sp³-hybridized carbons (Fsp3) is 0.167. The van der Waals surface area contributed by atoms with Crippen LogP contribution in [-0.2, 0) is 6.61 Å². The van der Waals surface area contributed by atoms with Gasteiger partial charge in [-0.2, -0.15) is 5.26 Å². The van der Waals surface area contributed by atoms with E-state index in [0.29, 0.717) is 24.7 Å². The van der Waals surface area contributed by atoms with Gasteiger partial charge in [0, 0.05) is 10.5 Å². The van der Waals surface area contributed by atoms with E-state index in [1.54, 1.807) is 6.08 Å². The number of benzene rings is 2. The van der Waals surface area contributed by atoms with Crippen LogP contribution in [0.5, 0.6) is 11.5 Å². The lowest BCUT2D eigenvalue weighted by Crippen LogP contribution is -2.00. The van der Waals surface area contributed by atoms with Crippen LogP contribution < -0.4 is 9.47 Å². The second kappa shape index (κ2) is 8.26. The maximum Gasteiger partial charge on any atom is 0.162 e. The normalized spacial score (nSPS) is 10.4. The Bertz CT molecular complexity index is 690. The number of allylic oxidation sites excluding steroid dienone is 1. The van der Waals surface area contributed by atoms with Crippen LogP contribution >= 0.6 is 15.9 Å². The fourth-order valence-corrected chi connectivity index (χ4v) is 2.38. The van der Waals surface area contributed by atoms with Gasteiger partial charge >= 0.3 is 0 Å². The number of hydrogen-bond acceptors (Lipinski definition) is 3. The molecule has 0 radical (unpaired) electrons. The summed E-state index contributed by atoms with van der Waals surface area (Å²) in [7, 11) is 0. The van der Waals surface area contributed by atoms with Crippen LogP contribution in [0.4, 0.5) is 0 Å². The summed E-state index contributed by atoms with van der Waals surface area (Å²) in [5.74, 6) is 1.34. The maximum absolute atomic E-state index is 8.65. The van der Waals surface area contributed by atoms with Crippen LogP contribution in [0.25, 0.3) is 6.08 Å². The second-order valence-corrected chi connectivity index (χ2v) is 5.34. The molecule has 0 aromatic heterocycles. The highest BCUT2D eigenvalue weighted by molar-refractivity contribution is 9.10. The van der Waals surface area contributed by atoms with Gasteiger partial charge in [0.15, 0.2) is 11.5 Å². The number of nitriles is 1. The molecule has 0 bridgehead atoms. The molecule has 0 N–H and O–H groups in total. The summed E-state index contributed by atoms with van der Waals surface area (Å²) in [5.41, 5.74) is 1.96. The minimum Gasteiger partial charge on any atom is -0.490 e. The Hall–Kier alpha value is -2.25. The lowest BCUT2D eigenvalue weighted by Gasteiger charge is -2.14. The van der Waals surface area contributed by atoms with Crippen LogP contribution in [0.2, 0.25) is 0 Å². The van der Waals surface area contributed by atoms with E-state index in [2.05, 4.69) is 15.9 Å². The molecule has 0 saturated heterocycles. The quantitative estimate of drug-likeness (QED) is 0.685. The molecule has 0 atom stereocenters. The van der Waals surface area contributed by atoms with Crippen LogP contribution in [0, 0.1) is 11.3 Å². The van der Waals surface area contributed by atoms with Crippen molar-refractivity contribution in [1.29, 1.82) is 5.26 Å². The minimum atomic E-state index is 0.473. The van der Waals surface area contributed by atoms with E-state index in [0.717, 1.165) is 15.6 Å². The summed E-state index contributed by atoms with van der Waals surface area (Å²) in [6, 6.07) is 15.7. The Morgan fingerprint density at radius 2 is 1.86 bits per heavy atom. The van der Waals surface area contributed by atoms with Crippen molar-refractivity contribution in [3.63, 3.8) is 0 Å². The van der Waals surface area contributed by atoms with E-state index in [-0.39, 0.29) is 0 Å². The average Bonchev–Trinajstić information content (AvgIpc) is 2.54. The highest BCUT2D eigenvalue weighted by atomic mass is 79.9. The largest absolute Gasteiger partial charge is 0.490 e. The van der Waals surface area contributed by atoms with Crippen molar-refractivity contribution in [1.82, 2.24) is 0 Å². The molecule has 112 valence electrons. The van der Waals surface area contributed by atoms with Gasteiger partial charge in [0.05, 0.1) is 12.7 Å². The number of ether oxygens (including phenoxy) is 2. The second-order valence-electron chi connectivity index (χ2n) is 4.49. The highest BCUT2D eigenvalue weighted by Crippen LogP contribution is 2.35. The third-order valence-corrected chi connectivity index (χ3v) is 3.62. The first-order valence-electron chi connectivity index (χ1n) is 6.93. The maximum atomic E-state index is 8.65. The molecule has 4 heteroatoms. The molecule has 0 heterocycles. The molecular formula is C18H16BrNO2. The molecule has 0 aliphatic heterocycles. The van der Waals surface area contributed by atoms with Gasteiger partial charge in [-0.3, -0.25) is 0 Å². The van der Waals surface area contributed by atoms with E-state index in [4.69, 9.17) is 14.7 Å². The van der Waals surface area contributed by atoms with Gasteiger partial charge in [-0.1, -0.05) is 46.3 Å². The average molecular weight is 358 g/mol. The van der Waals surface area contributed by atoms with Gasteiger partial charge in [-0.25, -0.2) is 0 Å². The van der Waals surface area contributed by atoms with Gasteiger partial charge in [0.25, 0.3) is 0 Å². The van der Waals surface area contributed by atoms with E-state index in [9.17, 15) is 0 Å². The molecule has 0 aliphatic carbocycles. The zero-order valence-electron chi connectivity index (χ0n) is 12.3. The molecular weight excluding hydrogens is 342 g/mol. The van der Waals surface area contributed by atoms with Crippen molar-refractivity contribution >= 4 is 22.0 Å². The van der Waals surface area contributed by atoms with Gasteiger partial charge in [0.2, 0.25) is 0 Å². The molecule has 0 amide bonds. The Labute approximate surface area is 138 Å². The minimum absolute atomic E-state index is 0.473. The number of rotatable bonds is 6. The van der Waals surface area contributed by atoms with Crippen molar-refractivity contribution in [3.05, 3.63) is 64.1 Å². The molecule has 0 spiro atoms. The fourth-order valence-electron chi connectivity index (χ4n) is 1.92. The monoisotopic (exact) mass is 357 g/mol. The Kier molecular flexibility index (Phi) is 6.05. The van der Waals surface area contributed by atoms with Gasteiger partial charge < -0.3 is 9.47 Å². The molecule has 0 saturated carbocycles. The molecule has 0 unspecified atom stereocenters. The zero-order valence-corrected chi connectivity index (χ0v) is 13.8. The van der Waals surface area contributed by atoms with Gasteiger partial charge in [-0.15, -0.1) is 0 Å². The molecule has 2 aromatic rings. The van der Waals surface area contributed by atoms with Crippen LogP contribution in [-0.4, -0.2) is 6.61 Å². The first kappa shape index (κ1) is 16.1. The topological polar surface area (TPSA) is 42.2 Å². The third kappa shape index (κ3) is 4.37. The van der Waals surface area contributed by atoms with Crippen molar-refractivity contribution < 1.29 is 9.47 Å². The molecule has 0 fully saturated rings. The summed E-state index contributed by atoms with van der Waals surface area (Å²) in [4.78, 5) is 0. The number of halogens is 1. The smallest absolute Gasteiger partial charge is 0.162 e. The van der Waals surface area contributed by atoms with Crippen LogP contribution in [0.1, 0.15) is 18.1 Å². The molecule has 0 aliphatic rings. The predicted octanol–water partition coefficient (Wildman–Crippen LogP) is 4.96. The first-order valence-corrected chi connectivity index (χ1v) is 7.73. The van der Waals surface area contributed by atoms with E-state index < -0.39 is 0 Å². The van der Waals surface area contributed by atoms with Crippen molar-refractivity contribution in [2.45, 2.75) is 13.5 Å². The lowest BCUT2D eigenvalue weighted by atomic mass is 10.2. The summed E-state index contributed by atoms with van der Waals surface area (Å²) in [5, 5.41) is 8.65. The molecule has 22 heavy (non-hydrogen) atoms. The molecule has 3 nitrogen and oxygen atoms in total. The van der Waals surface area contributed by atoms with E-state index in [1.807, 2.05) is 55.5 Å². The highest BCUT2D eigenvalue weighted by Gasteiger charge is 2.10. The SMILES string of the molecule is CCOc1cc(C=CC#N)c(Br)cc1OCc1ccccc1. The van der Waals surface area contributed by atoms with Crippen molar-refractivity contribution in [2.24, 2.45) is 0 Å².